The van der Waals surface area contributed by atoms with E-state index in [0.29, 0.717) is 11.1 Å². The van der Waals surface area contributed by atoms with Gasteiger partial charge in [0.2, 0.25) is 18.2 Å². The summed E-state index contributed by atoms with van der Waals surface area (Å²) in [5.41, 5.74) is 1.29. The number of halogens is 4. The smallest absolute Gasteiger partial charge is 0.248 e. The second kappa shape index (κ2) is 9.33. The first-order chi connectivity index (χ1) is 14.9. The highest BCUT2D eigenvalue weighted by atomic mass is 35.5. The van der Waals surface area contributed by atoms with Crippen molar-refractivity contribution in [2.45, 2.75) is 27.7 Å². The molecule has 1 unspecified atom stereocenters. The van der Waals surface area contributed by atoms with E-state index in [4.69, 9.17) is 46.4 Å². The van der Waals surface area contributed by atoms with Gasteiger partial charge in [0.15, 0.2) is 0 Å². The van der Waals surface area contributed by atoms with E-state index < -0.39 is 18.2 Å². The quantitative estimate of drug-likeness (QED) is 0.248. The second-order valence-corrected chi connectivity index (χ2v) is 11.7. The van der Waals surface area contributed by atoms with Crippen LogP contribution in [-0.2, 0) is 4.57 Å². The minimum Gasteiger partial charge on any atom is -0.302 e. The lowest BCUT2D eigenvalue weighted by Crippen LogP contribution is -2.22. The largest absolute Gasteiger partial charge is 0.302 e. The summed E-state index contributed by atoms with van der Waals surface area (Å²) in [6, 6.07) is 11.0. The molecule has 3 nitrogen and oxygen atoms in total. The Morgan fingerprint density at radius 1 is 0.688 bits per heavy atom. The van der Waals surface area contributed by atoms with Crippen molar-refractivity contribution in [2.24, 2.45) is 0 Å². The Morgan fingerprint density at radius 2 is 1.19 bits per heavy atom. The summed E-state index contributed by atoms with van der Waals surface area (Å²) in [6.07, 6.45) is 0. The zero-order valence-corrected chi connectivity index (χ0v) is 21.6. The minimum absolute atomic E-state index is 0.0324. The number of carbonyl (C=O) groups excluding carboxylic acids is 2. The van der Waals surface area contributed by atoms with Crippen molar-refractivity contribution in [1.29, 1.82) is 0 Å². The molecule has 32 heavy (non-hydrogen) atoms. The Hall–Kier alpha value is -1.61. The van der Waals surface area contributed by atoms with Crippen molar-refractivity contribution < 1.29 is 14.2 Å². The number of hydrogen-bond donors (Lipinski definition) is 0. The lowest BCUT2D eigenvalue weighted by atomic mass is 9.95. The molecule has 0 amide bonds. The number of aryl methyl sites for hydroxylation is 2. The Morgan fingerprint density at radius 3 is 1.72 bits per heavy atom. The molecule has 3 aromatic rings. The monoisotopic (exact) mass is 526 g/mol. The van der Waals surface area contributed by atoms with Crippen LogP contribution in [0.5, 0.6) is 0 Å². The van der Waals surface area contributed by atoms with Crippen LogP contribution >= 0.6 is 53.5 Å². The van der Waals surface area contributed by atoms with Gasteiger partial charge < -0.3 is 4.57 Å². The molecule has 0 radical (unpaired) electrons. The molecule has 0 aromatic heterocycles. The van der Waals surface area contributed by atoms with Crippen molar-refractivity contribution in [2.75, 3.05) is 0 Å². The molecule has 0 heterocycles. The van der Waals surface area contributed by atoms with E-state index in [2.05, 4.69) is 0 Å². The zero-order chi connectivity index (χ0) is 24.0. The Bertz CT molecular complexity index is 1290. The van der Waals surface area contributed by atoms with Gasteiger partial charge in [0, 0.05) is 10.9 Å². The molecule has 0 aliphatic rings. The first-order valence-electron chi connectivity index (χ1n) is 9.58. The molecule has 0 saturated heterocycles. The highest BCUT2D eigenvalue weighted by Crippen LogP contribution is 2.55. The van der Waals surface area contributed by atoms with Crippen LogP contribution in [0.2, 0.25) is 20.1 Å². The Labute approximate surface area is 207 Å². The third-order valence-corrected chi connectivity index (χ3v) is 9.78. The van der Waals surface area contributed by atoms with Gasteiger partial charge in [-0.3, -0.25) is 9.59 Å². The zero-order valence-electron chi connectivity index (χ0n) is 17.7. The summed E-state index contributed by atoms with van der Waals surface area (Å²) in [5, 5.41) is -0.396. The molecule has 0 aliphatic carbocycles. The van der Waals surface area contributed by atoms with Gasteiger partial charge in [0.25, 0.3) is 0 Å². The summed E-state index contributed by atoms with van der Waals surface area (Å²) in [5.74, 6) is 0. The summed E-state index contributed by atoms with van der Waals surface area (Å²) >= 11 is 24.8. The van der Waals surface area contributed by atoms with Crippen molar-refractivity contribution in [1.82, 2.24) is 0 Å². The predicted octanol–water partition coefficient (Wildman–Crippen LogP) is 8.20. The van der Waals surface area contributed by atoms with Crippen LogP contribution in [0.1, 0.15) is 43.0 Å². The average molecular weight is 528 g/mol. The van der Waals surface area contributed by atoms with E-state index in [1.807, 2.05) is 19.9 Å². The molecule has 0 N–H and O–H groups in total. The van der Waals surface area contributed by atoms with Gasteiger partial charge in [-0.2, -0.15) is 0 Å². The Balaban J connectivity index is 2.38. The van der Waals surface area contributed by atoms with Gasteiger partial charge in [0.1, 0.15) is 0 Å². The average Bonchev–Trinajstić information content (AvgIpc) is 2.76. The first-order valence-corrected chi connectivity index (χ1v) is 12.8. The van der Waals surface area contributed by atoms with E-state index >= 15 is 0 Å². The normalized spacial score (nSPS) is 13.0. The highest BCUT2D eigenvalue weighted by molar-refractivity contribution is 8.01. The standard InChI is InChI=1S/C24H19Cl4O3P/c1-12-10-13(2)19(15(4)14(12)3)23(29)32(31,16-8-6-5-7-9-16)24(30)20-21(27)17(25)11-18(26)22(20)28/h5-11H,1-4H3. The lowest BCUT2D eigenvalue weighted by Gasteiger charge is -2.21. The minimum atomic E-state index is -4.44. The van der Waals surface area contributed by atoms with E-state index in [-0.39, 0.29) is 36.5 Å². The van der Waals surface area contributed by atoms with Gasteiger partial charge in [-0.1, -0.05) is 82.8 Å². The molecular formula is C24H19Cl4O3P. The number of benzene rings is 3. The van der Waals surface area contributed by atoms with Crippen LogP contribution < -0.4 is 5.30 Å². The summed E-state index contributed by atoms with van der Waals surface area (Å²) in [6.45, 7) is 7.33. The third kappa shape index (κ3) is 4.06. The third-order valence-electron chi connectivity index (χ3n) is 5.59. The van der Waals surface area contributed by atoms with Gasteiger partial charge in [0.05, 0.1) is 25.7 Å². The molecule has 166 valence electrons. The van der Waals surface area contributed by atoms with Gasteiger partial charge in [-0.25, -0.2) is 0 Å². The van der Waals surface area contributed by atoms with Crippen LogP contribution in [0.25, 0.3) is 0 Å². The van der Waals surface area contributed by atoms with Crippen LogP contribution in [0.4, 0.5) is 0 Å². The predicted molar refractivity (Wildman–Crippen MR) is 134 cm³/mol. The maximum absolute atomic E-state index is 14.5. The van der Waals surface area contributed by atoms with Crippen LogP contribution in [0.3, 0.4) is 0 Å². The van der Waals surface area contributed by atoms with E-state index in [9.17, 15) is 14.2 Å². The SMILES string of the molecule is Cc1cc(C)c(C(=O)P(=O)(C(=O)c2c(Cl)c(Cl)cc(Cl)c2Cl)c2ccccc2)c(C)c1C. The topological polar surface area (TPSA) is 51.2 Å². The van der Waals surface area contributed by atoms with Crippen molar-refractivity contribution in [3.05, 3.63) is 95.9 Å². The van der Waals surface area contributed by atoms with Gasteiger partial charge in [-0.15, -0.1) is 0 Å². The van der Waals surface area contributed by atoms with Crippen LogP contribution in [0, 0.1) is 27.7 Å². The van der Waals surface area contributed by atoms with Crippen LogP contribution in [0.15, 0.2) is 42.5 Å². The molecule has 3 rings (SSSR count). The molecule has 0 bridgehead atoms. The molecule has 0 aliphatic heterocycles. The summed E-state index contributed by atoms with van der Waals surface area (Å²) in [4.78, 5) is 27.8. The van der Waals surface area contributed by atoms with E-state index in [1.165, 1.54) is 18.2 Å². The molecule has 0 spiro atoms. The maximum Gasteiger partial charge on any atom is 0.248 e. The fourth-order valence-corrected chi connectivity index (χ4v) is 7.21. The second-order valence-electron chi connectivity index (χ2n) is 7.53. The molecule has 8 heteroatoms. The molecule has 0 fully saturated rings. The van der Waals surface area contributed by atoms with Crippen LogP contribution in [-0.4, -0.2) is 11.0 Å². The highest BCUT2D eigenvalue weighted by Gasteiger charge is 2.45. The van der Waals surface area contributed by atoms with Gasteiger partial charge >= 0.3 is 0 Å². The lowest BCUT2D eigenvalue weighted by molar-refractivity contribution is 0.104. The fourth-order valence-electron chi connectivity index (χ4n) is 3.65. The maximum atomic E-state index is 14.5. The summed E-state index contributed by atoms with van der Waals surface area (Å²) < 4.78 is 14.5. The number of hydrogen-bond acceptors (Lipinski definition) is 3. The molecular weight excluding hydrogens is 509 g/mol. The summed E-state index contributed by atoms with van der Waals surface area (Å²) in [7, 11) is -4.44. The number of rotatable bonds is 5. The number of carbonyl (C=O) groups is 2. The Kier molecular flexibility index (Phi) is 7.29. The van der Waals surface area contributed by atoms with E-state index in [0.717, 1.165) is 11.1 Å². The first kappa shape index (κ1) is 25.0. The molecule has 1 atom stereocenters. The molecule has 3 aromatic carbocycles. The van der Waals surface area contributed by atoms with Crippen molar-refractivity contribution in [3.63, 3.8) is 0 Å². The van der Waals surface area contributed by atoms with Crippen molar-refractivity contribution >= 4 is 69.9 Å². The van der Waals surface area contributed by atoms with E-state index in [1.54, 1.807) is 32.0 Å². The molecule has 0 saturated carbocycles. The van der Waals surface area contributed by atoms with Crippen molar-refractivity contribution in [3.8, 4) is 0 Å². The fraction of sp³-hybridized carbons (Fsp3) is 0.167. The van der Waals surface area contributed by atoms with Gasteiger partial charge in [-0.05, 0) is 56.0 Å².